The number of aliphatic hydroxyl groups is 1. The van der Waals surface area contributed by atoms with Gasteiger partial charge in [-0.3, -0.25) is 4.79 Å². The first-order valence-electron chi connectivity index (χ1n) is 8.02. The summed E-state index contributed by atoms with van der Waals surface area (Å²) in [5, 5.41) is 11.1. The Morgan fingerprint density at radius 1 is 1.39 bits per heavy atom. The van der Waals surface area contributed by atoms with Crippen molar-refractivity contribution in [3.63, 3.8) is 0 Å². The molecule has 4 nitrogen and oxygen atoms in total. The van der Waals surface area contributed by atoms with Gasteiger partial charge in [-0.2, -0.15) is 0 Å². The largest absolute Gasteiger partial charge is 0.391 e. The average molecular weight is 337 g/mol. The summed E-state index contributed by atoms with van der Waals surface area (Å²) in [5.74, 6) is -0.0236. The molecule has 1 fully saturated rings. The number of benzene rings is 1. The third kappa shape index (κ3) is 5.34. The fraction of sp³-hybridized carbons (Fsp3) is 0.500. The van der Waals surface area contributed by atoms with Crippen LogP contribution >= 0.6 is 11.6 Å². The van der Waals surface area contributed by atoms with Crippen molar-refractivity contribution in [2.45, 2.75) is 31.4 Å². The van der Waals surface area contributed by atoms with E-state index in [0.717, 1.165) is 24.9 Å². The van der Waals surface area contributed by atoms with Crippen LogP contribution in [0.2, 0.25) is 5.02 Å². The number of carbonyl (C=O) groups excluding carboxylic acids is 1. The van der Waals surface area contributed by atoms with Crippen molar-refractivity contribution in [2.24, 2.45) is 0 Å². The van der Waals surface area contributed by atoms with Gasteiger partial charge in [0.1, 0.15) is 0 Å². The number of aliphatic hydroxyl groups excluding tert-OH is 1. The highest BCUT2D eigenvalue weighted by Crippen LogP contribution is 2.22. The molecule has 1 aliphatic heterocycles. The Balaban J connectivity index is 2.07. The van der Waals surface area contributed by atoms with Crippen LogP contribution in [0.15, 0.2) is 36.4 Å². The second-order valence-electron chi connectivity index (χ2n) is 6.30. The van der Waals surface area contributed by atoms with Crippen LogP contribution in [0.1, 0.15) is 18.4 Å². The molecule has 5 heteroatoms. The highest BCUT2D eigenvalue weighted by atomic mass is 35.5. The lowest BCUT2D eigenvalue weighted by molar-refractivity contribution is -0.133. The minimum atomic E-state index is -0.481. The molecule has 1 aliphatic rings. The minimum Gasteiger partial charge on any atom is -0.391 e. The van der Waals surface area contributed by atoms with E-state index < -0.39 is 6.10 Å². The molecule has 2 rings (SSSR count). The molecule has 1 aromatic rings. The van der Waals surface area contributed by atoms with Crippen LogP contribution in [0.3, 0.4) is 0 Å². The predicted molar refractivity (Wildman–Crippen MR) is 93.6 cm³/mol. The molecule has 1 heterocycles. The van der Waals surface area contributed by atoms with Crippen molar-refractivity contribution < 1.29 is 9.90 Å². The van der Waals surface area contributed by atoms with Gasteiger partial charge >= 0.3 is 0 Å². The number of likely N-dealkylation sites (N-methyl/N-ethyl adjacent to an activating group) is 1. The number of carbonyl (C=O) groups is 1. The number of nitrogens with zero attached hydrogens (tertiary/aromatic N) is 2. The van der Waals surface area contributed by atoms with Crippen LogP contribution in [0, 0.1) is 0 Å². The van der Waals surface area contributed by atoms with E-state index in [2.05, 4.69) is 0 Å². The zero-order chi connectivity index (χ0) is 16.8. The van der Waals surface area contributed by atoms with Crippen LogP contribution in [-0.2, 0) is 11.2 Å². The lowest BCUT2D eigenvalue weighted by atomic mass is 9.93. The maximum absolute atomic E-state index is 12.5. The van der Waals surface area contributed by atoms with E-state index in [-0.39, 0.29) is 11.9 Å². The van der Waals surface area contributed by atoms with E-state index in [9.17, 15) is 9.90 Å². The molecule has 0 spiro atoms. The lowest BCUT2D eigenvalue weighted by Gasteiger charge is -2.38. The van der Waals surface area contributed by atoms with E-state index >= 15 is 0 Å². The van der Waals surface area contributed by atoms with Crippen molar-refractivity contribution in [1.82, 2.24) is 9.80 Å². The van der Waals surface area contributed by atoms with Gasteiger partial charge in [0.2, 0.25) is 5.91 Å². The summed E-state index contributed by atoms with van der Waals surface area (Å²) in [4.78, 5) is 16.3. The highest BCUT2D eigenvalue weighted by molar-refractivity contribution is 6.30. The molecule has 0 unspecified atom stereocenters. The number of halogens is 1. The SMILES string of the molecule is CN(C)C/C=C/C(=O)N1CCC[C@H](O)[C@@H]1Cc1ccc(Cl)cc1. The number of rotatable bonds is 5. The Morgan fingerprint density at radius 3 is 2.74 bits per heavy atom. The molecule has 0 aromatic heterocycles. The van der Waals surface area contributed by atoms with Crippen LogP contribution in [0.4, 0.5) is 0 Å². The molecular formula is C18H25ClN2O2. The maximum atomic E-state index is 12.5. The summed E-state index contributed by atoms with van der Waals surface area (Å²) < 4.78 is 0. The molecule has 0 bridgehead atoms. The van der Waals surface area contributed by atoms with Crippen LogP contribution < -0.4 is 0 Å². The average Bonchev–Trinajstić information content (AvgIpc) is 2.51. The van der Waals surface area contributed by atoms with Gasteiger partial charge in [-0.05, 0) is 51.1 Å². The van der Waals surface area contributed by atoms with Crippen molar-refractivity contribution in [1.29, 1.82) is 0 Å². The van der Waals surface area contributed by atoms with Gasteiger partial charge in [0, 0.05) is 24.2 Å². The Hall–Kier alpha value is -1.36. The normalized spacial score (nSPS) is 22.0. The van der Waals surface area contributed by atoms with E-state index in [4.69, 9.17) is 11.6 Å². The van der Waals surface area contributed by atoms with Crippen LogP contribution in [0.25, 0.3) is 0 Å². The smallest absolute Gasteiger partial charge is 0.246 e. The molecule has 23 heavy (non-hydrogen) atoms. The van der Waals surface area contributed by atoms with Gasteiger partial charge in [-0.15, -0.1) is 0 Å². The summed E-state index contributed by atoms with van der Waals surface area (Å²) in [7, 11) is 3.92. The topological polar surface area (TPSA) is 43.8 Å². The van der Waals surface area contributed by atoms with Gasteiger partial charge in [0.25, 0.3) is 0 Å². The molecule has 2 atom stereocenters. The number of hydrogen-bond acceptors (Lipinski definition) is 3. The third-order valence-electron chi connectivity index (χ3n) is 4.12. The standard InChI is InChI=1S/C18H25ClN2O2/c1-20(2)11-4-6-18(23)21-12-3-5-17(22)16(21)13-14-7-9-15(19)10-8-14/h4,6-10,16-17,22H,3,5,11-13H2,1-2H3/b6-4+/t16-,17-/m0/s1. The summed E-state index contributed by atoms with van der Waals surface area (Å²) in [6, 6.07) is 7.41. The van der Waals surface area contributed by atoms with Crippen molar-refractivity contribution in [3.8, 4) is 0 Å². The van der Waals surface area contributed by atoms with E-state index in [1.54, 1.807) is 11.0 Å². The molecule has 1 aromatic carbocycles. The number of amides is 1. The molecule has 1 N–H and O–H groups in total. The fourth-order valence-electron chi connectivity index (χ4n) is 2.88. The Bertz CT molecular complexity index is 542. The maximum Gasteiger partial charge on any atom is 0.246 e. The molecular weight excluding hydrogens is 312 g/mol. The van der Waals surface area contributed by atoms with Crippen molar-refractivity contribution in [3.05, 3.63) is 47.0 Å². The van der Waals surface area contributed by atoms with E-state index in [1.807, 2.05) is 49.3 Å². The summed E-state index contributed by atoms with van der Waals surface area (Å²) in [5.41, 5.74) is 1.08. The first-order chi connectivity index (χ1) is 11.0. The van der Waals surface area contributed by atoms with E-state index in [1.165, 1.54) is 0 Å². The number of likely N-dealkylation sites (tertiary alicyclic amines) is 1. The molecule has 1 amide bonds. The quantitative estimate of drug-likeness (QED) is 0.839. The Labute approximate surface area is 143 Å². The molecule has 126 valence electrons. The summed E-state index contributed by atoms with van der Waals surface area (Å²) in [6.07, 6.45) is 5.22. The lowest BCUT2D eigenvalue weighted by Crippen LogP contribution is -2.51. The predicted octanol–water partition coefficient (Wildman–Crippen LogP) is 2.35. The first-order valence-corrected chi connectivity index (χ1v) is 8.39. The molecule has 1 saturated heterocycles. The number of piperidine rings is 1. The molecule has 0 saturated carbocycles. The highest BCUT2D eigenvalue weighted by Gasteiger charge is 2.32. The van der Waals surface area contributed by atoms with Gasteiger partial charge in [-0.1, -0.05) is 29.8 Å². The number of hydrogen-bond donors (Lipinski definition) is 1. The van der Waals surface area contributed by atoms with Gasteiger partial charge < -0.3 is 14.9 Å². The van der Waals surface area contributed by atoms with Crippen LogP contribution in [0.5, 0.6) is 0 Å². The minimum absolute atomic E-state index is 0.0236. The van der Waals surface area contributed by atoms with Gasteiger partial charge in [0.05, 0.1) is 12.1 Å². The second kappa shape index (κ2) is 8.48. The van der Waals surface area contributed by atoms with Gasteiger partial charge in [0.15, 0.2) is 0 Å². The Morgan fingerprint density at radius 2 is 2.09 bits per heavy atom. The zero-order valence-corrected chi connectivity index (χ0v) is 14.5. The molecule has 0 radical (unpaired) electrons. The summed E-state index contributed by atoms with van der Waals surface area (Å²) in [6.45, 7) is 1.42. The van der Waals surface area contributed by atoms with E-state index in [0.29, 0.717) is 18.0 Å². The Kier molecular flexibility index (Phi) is 6.63. The monoisotopic (exact) mass is 336 g/mol. The first kappa shape index (κ1) is 18.0. The van der Waals surface area contributed by atoms with Crippen LogP contribution in [-0.4, -0.2) is 60.1 Å². The summed E-state index contributed by atoms with van der Waals surface area (Å²) >= 11 is 5.92. The molecule has 0 aliphatic carbocycles. The van der Waals surface area contributed by atoms with Gasteiger partial charge in [-0.25, -0.2) is 0 Å². The second-order valence-corrected chi connectivity index (χ2v) is 6.74. The zero-order valence-electron chi connectivity index (χ0n) is 13.8. The third-order valence-corrected chi connectivity index (χ3v) is 4.37. The van der Waals surface area contributed by atoms with Crippen molar-refractivity contribution in [2.75, 3.05) is 27.2 Å². The fourth-order valence-corrected chi connectivity index (χ4v) is 3.00. The van der Waals surface area contributed by atoms with Crippen molar-refractivity contribution >= 4 is 17.5 Å².